The van der Waals surface area contributed by atoms with Crippen LogP contribution in [0.25, 0.3) is 0 Å². The van der Waals surface area contributed by atoms with Gasteiger partial charge in [-0.25, -0.2) is 0 Å². The molecular weight excluding hydrogens is 234 g/mol. The van der Waals surface area contributed by atoms with E-state index in [0.717, 1.165) is 5.92 Å². The fourth-order valence-corrected chi connectivity index (χ4v) is 3.67. The Morgan fingerprint density at radius 3 is 2.68 bits per heavy atom. The predicted molar refractivity (Wildman–Crippen MR) is 79.2 cm³/mol. The molecule has 1 fully saturated rings. The van der Waals surface area contributed by atoms with Crippen LogP contribution in [0.2, 0.25) is 0 Å². The summed E-state index contributed by atoms with van der Waals surface area (Å²) < 4.78 is 0. The van der Waals surface area contributed by atoms with E-state index < -0.39 is 0 Å². The molecule has 1 amide bonds. The van der Waals surface area contributed by atoms with E-state index in [2.05, 4.69) is 27.7 Å². The molecule has 19 heavy (non-hydrogen) atoms. The molecule has 2 rings (SSSR count). The van der Waals surface area contributed by atoms with E-state index in [4.69, 9.17) is 5.73 Å². The van der Waals surface area contributed by atoms with Gasteiger partial charge in [-0.2, -0.15) is 0 Å². The van der Waals surface area contributed by atoms with Crippen molar-refractivity contribution in [2.24, 2.45) is 17.6 Å². The first kappa shape index (κ1) is 14.1. The topological polar surface area (TPSA) is 43.1 Å². The fraction of sp³-hybridized carbons (Fsp3) is 0.588. The first-order valence-corrected chi connectivity index (χ1v) is 7.27. The fourth-order valence-electron chi connectivity index (χ4n) is 3.67. The Morgan fingerprint density at radius 2 is 2.05 bits per heavy atom. The van der Waals surface area contributed by atoms with Crippen LogP contribution in [-0.4, -0.2) is 5.91 Å². The summed E-state index contributed by atoms with van der Waals surface area (Å²) in [5.74, 6) is 1.03. The van der Waals surface area contributed by atoms with Crippen LogP contribution in [0.4, 0.5) is 0 Å². The van der Waals surface area contributed by atoms with E-state index in [1.165, 1.54) is 30.4 Å². The van der Waals surface area contributed by atoms with Gasteiger partial charge in [0.1, 0.15) is 0 Å². The van der Waals surface area contributed by atoms with Gasteiger partial charge in [-0.3, -0.25) is 4.79 Å². The summed E-state index contributed by atoms with van der Waals surface area (Å²) >= 11 is 0. The van der Waals surface area contributed by atoms with Crippen molar-refractivity contribution in [1.29, 1.82) is 0 Å². The van der Waals surface area contributed by atoms with Crippen molar-refractivity contribution < 1.29 is 4.79 Å². The minimum atomic E-state index is -0.332. The lowest BCUT2D eigenvalue weighted by Gasteiger charge is -2.45. The Labute approximate surface area is 116 Å². The standard InChI is InChI=1S/C17H25NO/c1-11-6-5-9-17(4,13(11)3)15-10-14(16(18)19)8-7-12(15)2/h7-8,10-11,13H,5-6,9H2,1-4H3,(H2,18,19)/t11-,13-,17?/m0/s1. The van der Waals surface area contributed by atoms with Crippen LogP contribution in [0, 0.1) is 18.8 Å². The maximum absolute atomic E-state index is 11.4. The summed E-state index contributed by atoms with van der Waals surface area (Å²) in [6, 6.07) is 5.89. The third-order valence-corrected chi connectivity index (χ3v) is 5.35. The molecule has 0 heterocycles. The summed E-state index contributed by atoms with van der Waals surface area (Å²) in [5.41, 5.74) is 8.80. The van der Waals surface area contributed by atoms with Crippen molar-refractivity contribution >= 4 is 5.91 Å². The minimum Gasteiger partial charge on any atom is -0.366 e. The van der Waals surface area contributed by atoms with Crippen molar-refractivity contribution in [3.8, 4) is 0 Å². The lowest BCUT2D eigenvalue weighted by atomic mass is 9.60. The molecule has 2 nitrogen and oxygen atoms in total. The van der Waals surface area contributed by atoms with Gasteiger partial charge in [-0.05, 0) is 53.9 Å². The third-order valence-electron chi connectivity index (χ3n) is 5.35. The van der Waals surface area contributed by atoms with E-state index in [-0.39, 0.29) is 11.3 Å². The minimum absolute atomic E-state index is 0.160. The number of rotatable bonds is 2. The molecule has 3 atom stereocenters. The van der Waals surface area contributed by atoms with Gasteiger partial charge in [-0.15, -0.1) is 0 Å². The van der Waals surface area contributed by atoms with Crippen LogP contribution in [0.1, 0.15) is 61.5 Å². The Morgan fingerprint density at radius 1 is 1.37 bits per heavy atom. The van der Waals surface area contributed by atoms with Crippen LogP contribution in [0.3, 0.4) is 0 Å². The van der Waals surface area contributed by atoms with Gasteiger partial charge >= 0.3 is 0 Å². The highest BCUT2D eigenvalue weighted by atomic mass is 16.1. The summed E-state index contributed by atoms with van der Waals surface area (Å²) in [6.45, 7) is 9.17. The second-order valence-electron chi connectivity index (χ2n) is 6.47. The second-order valence-corrected chi connectivity index (χ2v) is 6.47. The third kappa shape index (κ3) is 2.41. The molecule has 1 unspecified atom stereocenters. The lowest BCUT2D eigenvalue weighted by molar-refractivity contribution is 0.0999. The van der Waals surface area contributed by atoms with Crippen molar-refractivity contribution in [3.63, 3.8) is 0 Å². The Kier molecular flexibility index (Phi) is 3.71. The number of primary amides is 1. The molecule has 0 saturated heterocycles. The van der Waals surface area contributed by atoms with Crippen molar-refractivity contribution in [1.82, 2.24) is 0 Å². The molecule has 1 saturated carbocycles. The van der Waals surface area contributed by atoms with Crippen molar-refractivity contribution in [2.75, 3.05) is 0 Å². The molecular formula is C17H25NO. The van der Waals surface area contributed by atoms with Gasteiger partial charge in [0.05, 0.1) is 0 Å². The van der Waals surface area contributed by atoms with Crippen molar-refractivity contribution in [2.45, 2.75) is 52.4 Å². The molecule has 0 spiro atoms. The number of hydrogen-bond acceptors (Lipinski definition) is 1. The van der Waals surface area contributed by atoms with Crippen LogP contribution >= 0.6 is 0 Å². The van der Waals surface area contributed by atoms with E-state index in [9.17, 15) is 4.79 Å². The molecule has 0 bridgehead atoms. The predicted octanol–water partition coefficient (Wildman–Crippen LogP) is 3.81. The number of benzene rings is 1. The van der Waals surface area contributed by atoms with Gasteiger partial charge in [0, 0.05) is 5.56 Å². The van der Waals surface area contributed by atoms with Crippen LogP contribution in [0.15, 0.2) is 18.2 Å². The monoisotopic (exact) mass is 259 g/mol. The number of nitrogens with two attached hydrogens (primary N) is 1. The molecule has 2 heteroatoms. The molecule has 1 aromatic rings. The quantitative estimate of drug-likeness (QED) is 0.862. The average molecular weight is 259 g/mol. The molecule has 2 N–H and O–H groups in total. The van der Waals surface area contributed by atoms with Gasteiger partial charge in [0.25, 0.3) is 0 Å². The first-order valence-electron chi connectivity index (χ1n) is 7.27. The highest BCUT2D eigenvalue weighted by Gasteiger charge is 2.39. The van der Waals surface area contributed by atoms with E-state index >= 15 is 0 Å². The normalized spacial score (nSPS) is 31.2. The van der Waals surface area contributed by atoms with Gasteiger partial charge in [-0.1, -0.05) is 39.7 Å². The first-order chi connectivity index (χ1) is 8.86. The average Bonchev–Trinajstić information content (AvgIpc) is 2.36. The molecule has 0 aliphatic heterocycles. The summed E-state index contributed by atoms with van der Waals surface area (Å²) in [7, 11) is 0. The SMILES string of the molecule is Cc1ccc(C(N)=O)cc1C1(C)CCC[C@H](C)[C@@H]1C. The Hall–Kier alpha value is -1.31. The Balaban J connectivity index is 2.50. The largest absolute Gasteiger partial charge is 0.366 e. The van der Waals surface area contributed by atoms with E-state index in [1.807, 2.05) is 18.2 Å². The van der Waals surface area contributed by atoms with Gasteiger partial charge in [0.2, 0.25) is 5.91 Å². The zero-order chi connectivity index (χ0) is 14.2. The molecule has 1 aromatic carbocycles. The molecule has 104 valence electrons. The Bertz CT molecular complexity index is 494. The molecule has 0 aromatic heterocycles. The van der Waals surface area contributed by atoms with Crippen LogP contribution < -0.4 is 5.73 Å². The second kappa shape index (κ2) is 4.99. The zero-order valence-corrected chi connectivity index (χ0v) is 12.5. The summed E-state index contributed by atoms with van der Waals surface area (Å²) in [5, 5.41) is 0. The molecule has 0 radical (unpaired) electrons. The van der Waals surface area contributed by atoms with Crippen LogP contribution in [0.5, 0.6) is 0 Å². The van der Waals surface area contributed by atoms with Gasteiger partial charge in [0.15, 0.2) is 0 Å². The maximum Gasteiger partial charge on any atom is 0.248 e. The molecule has 1 aliphatic rings. The number of hydrogen-bond donors (Lipinski definition) is 1. The smallest absolute Gasteiger partial charge is 0.248 e. The van der Waals surface area contributed by atoms with E-state index in [1.54, 1.807) is 0 Å². The highest BCUT2D eigenvalue weighted by Crippen LogP contribution is 2.47. The van der Waals surface area contributed by atoms with Crippen molar-refractivity contribution in [3.05, 3.63) is 34.9 Å². The number of aryl methyl sites for hydroxylation is 1. The maximum atomic E-state index is 11.4. The number of carbonyl (C=O) groups excluding carboxylic acids is 1. The highest BCUT2D eigenvalue weighted by molar-refractivity contribution is 5.93. The summed E-state index contributed by atoms with van der Waals surface area (Å²) in [4.78, 5) is 11.4. The zero-order valence-electron chi connectivity index (χ0n) is 12.5. The summed E-state index contributed by atoms with van der Waals surface area (Å²) in [6.07, 6.45) is 3.77. The lowest BCUT2D eigenvalue weighted by Crippen LogP contribution is -2.38. The number of amides is 1. The number of carbonyl (C=O) groups is 1. The molecule has 1 aliphatic carbocycles. The van der Waals surface area contributed by atoms with Gasteiger partial charge < -0.3 is 5.73 Å². The van der Waals surface area contributed by atoms with Crippen LogP contribution in [-0.2, 0) is 5.41 Å². The van der Waals surface area contributed by atoms with E-state index in [0.29, 0.717) is 11.5 Å².